The Labute approximate surface area is 107 Å². The third kappa shape index (κ3) is 2.34. The Kier molecular flexibility index (Phi) is 3.19. The van der Waals surface area contributed by atoms with Gasteiger partial charge in [-0.2, -0.15) is 0 Å². The molecule has 0 radical (unpaired) electrons. The van der Waals surface area contributed by atoms with Crippen molar-refractivity contribution in [2.45, 2.75) is 44.2 Å². The minimum atomic E-state index is -0.205. The van der Waals surface area contributed by atoms with Crippen LogP contribution in [0.4, 0.5) is 5.69 Å². The average molecular weight is 246 g/mol. The van der Waals surface area contributed by atoms with Crippen molar-refractivity contribution in [3.8, 4) is 0 Å². The first-order valence-corrected chi connectivity index (χ1v) is 6.63. The van der Waals surface area contributed by atoms with Crippen LogP contribution in [0, 0.1) is 0 Å². The van der Waals surface area contributed by atoms with E-state index in [2.05, 4.69) is 10.8 Å². The molecule has 0 aromatic heterocycles. The first kappa shape index (κ1) is 11.5. The van der Waals surface area contributed by atoms with E-state index in [1.54, 1.807) is 0 Å². The van der Waals surface area contributed by atoms with Crippen LogP contribution in [-0.2, 0) is 16.1 Å². The summed E-state index contributed by atoms with van der Waals surface area (Å²) in [7, 11) is 0. The Hall–Kier alpha value is -1.55. The number of fused-ring (bicyclic) bond motifs is 1. The minimum absolute atomic E-state index is 0.0712. The quantitative estimate of drug-likeness (QED) is 0.802. The number of carbonyl (C=O) groups is 1. The van der Waals surface area contributed by atoms with E-state index < -0.39 is 0 Å². The van der Waals surface area contributed by atoms with Crippen LogP contribution in [0.3, 0.4) is 0 Å². The summed E-state index contributed by atoms with van der Waals surface area (Å²) in [6.07, 6.45) is 5.45. The Morgan fingerprint density at radius 3 is 2.83 bits per heavy atom. The fraction of sp³-hybridized carbons (Fsp3) is 0.500. The molecule has 1 heterocycles. The number of hydrogen-bond acceptors (Lipinski definition) is 3. The predicted molar refractivity (Wildman–Crippen MR) is 69.0 cm³/mol. The Balaban J connectivity index is 1.52. The maximum atomic E-state index is 12.0. The van der Waals surface area contributed by atoms with Crippen molar-refractivity contribution in [2.75, 3.05) is 5.32 Å². The van der Waals surface area contributed by atoms with Crippen molar-refractivity contribution in [1.29, 1.82) is 0 Å². The average Bonchev–Trinajstić information content (AvgIpc) is 3.04. The normalized spacial score (nSPS) is 22.6. The highest BCUT2D eigenvalue weighted by atomic mass is 16.7. The molecule has 18 heavy (non-hydrogen) atoms. The van der Waals surface area contributed by atoms with Crippen LogP contribution in [0.15, 0.2) is 24.3 Å². The molecule has 1 atom stereocenters. The zero-order valence-electron chi connectivity index (χ0n) is 10.3. The van der Waals surface area contributed by atoms with E-state index in [-0.39, 0.29) is 18.1 Å². The molecule has 2 N–H and O–H groups in total. The highest BCUT2D eigenvalue weighted by Gasteiger charge is 2.27. The fourth-order valence-electron chi connectivity index (χ4n) is 2.67. The Bertz CT molecular complexity index is 416. The summed E-state index contributed by atoms with van der Waals surface area (Å²) in [6.45, 7) is 0. The zero-order valence-corrected chi connectivity index (χ0v) is 10.3. The number of hydrogen-bond donors (Lipinski definition) is 2. The number of para-hydroxylation sites is 1. The number of nitrogens with one attached hydrogen (secondary N) is 2. The van der Waals surface area contributed by atoms with E-state index in [1.165, 1.54) is 18.4 Å². The molecule has 1 saturated carbocycles. The van der Waals surface area contributed by atoms with Gasteiger partial charge in [-0.1, -0.05) is 31.0 Å². The van der Waals surface area contributed by atoms with Gasteiger partial charge < -0.3 is 5.32 Å². The summed E-state index contributed by atoms with van der Waals surface area (Å²) >= 11 is 0. The van der Waals surface area contributed by atoms with Crippen LogP contribution >= 0.6 is 0 Å². The SMILES string of the molecule is O=C(NOC1CCCC1)[C@@H]1Cc2ccccc2N1. The van der Waals surface area contributed by atoms with Gasteiger partial charge in [0.25, 0.3) is 5.91 Å². The summed E-state index contributed by atoms with van der Waals surface area (Å²) in [5, 5.41) is 3.22. The molecule has 0 saturated heterocycles. The number of amides is 1. The minimum Gasteiger partial charge on any atom is -0.373 e. The third-order valence-corrected chi connectivity index (χ3v) is 3.72. The van der Waals surface area contributed by atoms with Crippen molar-refractivity contribution in [1.82, 2.24) is 5.48 Å². The van der Waals surface area contributed by atoms with Crippen molar-refractivity contribution in [2.24, 2.45) is 0 Å². The Morgan fingerprint density at radius 1 is 1.28 bits per heavy atom. The maximum absolute atomic E-state index is 12.0. The topological polar surface area (TPSA) is 50.4 Å². The van der Waals surface area contributed by atoms with E-state index in [4.69, 9.17) is 4.84 Å². The highest BCUT2D eigenvalue weighted by molar-refractivity contribution is 5.86. The first-order valence-electron chi connectivity index (χ1n) is 6.63. The third-order valence-electron chi connectivity index (χ3n) is 3.72. The van der Waals surface area contributed by atoms with Crippen molar-refractivity contribution < 1.29 is 9.63 Å². The predicted octanol–water partition coefficient (Wildman–Crippen LogP) is 2.01. The number of benzene rings is 1. The second-order valence-electron chi connectivity index (χ2n) is 5.05. The molecule has 3 rings (SSSR count). The zero-order chi connectivity index (χ0) is 12.4. The molecule has 4 heteroatoms. The van der Waals surface area contributed by atoms with Gasteiger partial charge >= 0.3 is 0 Å². The van der Waals surface area contributed by atoms with Gasteiger partial charge in [0.2, 0.25) is 0 Å². The molecule has 1 aromatic carbocycles. The van der Waals surface area contributed by atoms with Gasteiger partial charge in [0.05, 0.1) is 6.10 Å². The maximum Gasteiger partial charge on any atom is 0.266 e. The second-order valence-corrected chi connectivity index (χ2v) is 5.05. The van der Waals surface area contributed by atoms with Gasteiger partial charge in [-0.05, 0) is 24.5 Å². The van der Waals surface area contributed by atoms with Crippen LogP contribution < -0.4 is 10.8 Å². The summed E-state index contributed by atoms with van der Waals surface area (Å²) in [6, 6.07) is 7.81. The smallest absolute Gasteiger partial charge is 0.266 e. The van der Waals surface area contributed by atoms with Crippen molar-refractivity contribution >= 4 is 11.6 Å². The van der Waals surface area contributed by atoms with E-state index in [1.807, 2.05) is 24.3 Å². The molecule has 1 aliphatic carbocycles. The molecule has 4 nitrogen and oxygen atoms in total. The number of rotatable bonds is 3. The van der Waals surface area contributed by atoms with Gasteiger partial charge in [-0.25, -0.2) is 5.48 Å². The van der Waals surface area contributed by atoms with E-state index in [0.29, 0.717) is 0 Å². The highest BCUT2D eigenvalue weighted by Crippen LogP contribution is 2.25. The van der Waals surface area contributed by atoms with Crippen LogP contribution in [0.2, 0.25) is 0 Å². The van der Waals surface area contributed by atoms with Crippen molar-refractivity contribution in [3.63, 3.8) is 0 Å². The molecule has 1 fully saturated rings. The van der Waals surface area contributed by atoms with Crippen LogP contribution in [0.1, 0.15) is 31.2 Å². The molecule has 2 aliphatic rings. The Morgan fingerprint density at radius 2 is 2.06 bits per heavy atom. The lowest BCUT2D eigenvalue weighted by Crippen LogP contribution is -2.40. The fourth-order valence-corrected chi connectivity index (χ4v) is 2.67. The summed E-state index contributed by atoms with van der Waals surface area (Å²) < 4.78 is 0. The largest absolute Gasteiger partial charge is 0.373 e. The van der Waals surface area contributed by atoms with Gasteiger partial charge in [0.1, 0.15) is 6.04 Å². The first-order chi connectivity index (χ1) is 8.83. The number of carbonyl (C=O) groups excluding carboxylic acids is 1. The molecule has 1 amide bonds. The van der Waals surface area contributed by atoms with Crippen LogP contribution in [0.25, 0.3) is 0 Å². The van der Waals surface area contributed by atoms with Gasteiger partial charge in [0, 0.05) is 12.1 Å². The molecule has 0 unspecified atom stereocenters. The van der Waals surface area contributed by atoms with E-state index in [9.17, 15) is 4.79 Å². The standard InChI is InChI=1S/C14H18N2O2/c17-14(16-18-11-6-2-3-7-11)13-9-10-5-1-4-8-12(10)15-13/h1,4-5,8,11,13,15H,2-3,6-7,9H2,(H,16,17)/t13-/m0/s1. The number of hydroxylamine groups is 1. The lowest BCUT2D eigenvalue weighted by Gasteiger charge is -2.15. The molecular weight excluding hydrogens is 228 g/mol. The van der Waals surface area contributed by atoms with Gasteiger partial charge in [-0.15, -0.1) is 0 Å². The summed E-state index contributed by atoms with van der Waals surface area (Å²) in [5.41, 5.74) is 4.85. The lowest BCUT2D eigenvalue weighted by atomic mass is 10.1. The summed E-state index contributed by atoms with van der Waals surface area (Å²) in [4.78, 5) is 17.4. The van der Waals surface area contributed by atoms with E-state index in [0.717, 1.165) is 24.9 Å². The van der Waals surface area contributed by atoms with Crippen LogP contribution in [-0.4, -0.2) is 18.1 Å². The molecule has 1 aromatic rings. The lowest BCUT2D eigenvalue weighted by molar-refractivity contribution is -0.138. The van der Waals surface area contributed by atoms with Gasteiger partial charge in [-0.3, -0.25) is 9.63 Å². The molecule has 1 aliphatic heterocycles. The van der Waals surface area contributed by atoms with Crippen molar-refractivity contribution in [3.05, 3.63) is 29.8 Å². The molecule has 0 spiro atoms. The van der Waals surface area contributed by atoms with Gasteiger partial charge in [0.15, 0.2) is 0 Å². The van der Waals surface area contributed by atoms with E-state index >= 15 is 0 Å². The monoisotopic (exact) mass is 246 g/mol. The summed E-state index contributed by atoms with van der Waals surface area (Å²) in [5.74, 6) is -0.0712. The second kappa shape index (κ2) is 4.98. The van der Waals surface area contributed by atoms with Crippen LogP contribution in [0.5, 0.6) is 0 Å². The molecule has 0 bridgehead atoms. The molecule has 96 valence electrons. The molecular formula is C14H18N2O2. The number of anilines is 1.